The number of rotatable bonds is 4. The number of nitrogens with zero attached hydrogens (tertiary/aromatic N) is 4. The molecule has 1 aliphatic carbocycles. The fourth-order valence-electron chi connectivity index (χ4n) is 4.63. The van der Waals surface area contributed by atoms with E-state index in [9.17, 15) is 13.6 Å². The Hall–Kier alpha value is -4.20. The Bertz CT molecular complexity index is 1610. The standard InChI is InChI=1S/C26H19F2N5O/c1-29-24(34)19-11-20(27)18(10-21(19)28)16-12-31-25-32-13-23(33(25)14-16)26(6-7-26)17-4-5-22-15(9-17)3-2-8-30-22/h2-5,8-14H,6-7H2,1H3,(H,29,34). The zero-order valence-electron chi connectivity index (χ0n) is 18.2. The first-order valence-corrected chi connectivity index (χ1v) is 10.9. The number of hydrogen-bond acceptors (Lipinski definition) is 4. The van der Waals surface area contributed by atoms with Crippen molar-refractivity contribution >= 4 is 22.6 Å². The third kappa shape index (κ3) is 3.06. The summed E-state index contributed by atoms with van der Waals surface area (Å²) in [4.78, 5) is 25.0. The van der Waals surface area contributed by atoms with Crippen molar-refractivity contribution in [1.29, 1.82) is 0 Å². The number of imidazole rings is 1. The molecule has 0 aliphatic heterocycles. The summed E-state index contributed by atoms with van der Waals surface area (Å²) in [6, 6.07) is 12.2. The molecule has 5 aromatic rings. The van der Waals surface area contributed by atoms with E-state index in [0.717, 1.165) is 47.1 Å². The molecule has 2 aromatic carbocycles. The number of pyridine rings is 1. The van der Waals surface area contributed by atoms with Gasteiger partial charge in [-0.25, -0.2) is 18.7 Å². The van der Waals surface area contributed by atoms with Crippen LogP contribution in [0.5, 0.6) is 0 Å². The van der Waals surface area contributed by atoms with E-state index in [1.54, 1.807) is 18.6 Å². The molecule has 6 rings (SSSR count). The molecule has 1 N–H and O–H groups in total. The van der Waals surface area contributed by atoms with E-state index < -0.39 is 17.5 Å². The van der Waals surface area contributed by atoms with Crippen molar-refractivity contribution in [3.8, 4) is 11.1 Å². The molecule has 0 unspecified atom stereocenters. The second-order valence-corrected chi connectivity index (χ2v) is 8.54. The summed E-state index contributed by atoms with van der Waals surface area (Å²) in [7, 11) is 1.37. The molecule has 0 bridgehead atoms. The Morgan fingerprint density at radius 1 is 1.03 bits per heavy atom. The Morgan fingerprint density at radius 3 is 2.65 bits per heavy atom. The average Bonchev–Trinajstić information content (AvgIpc) is 3.56. The van der Waals surface area contributed by atoms with Crippen LogP contribution in [0.15, 0.2) is 67.3 Å². The van der Waals surface area contributed by atoms with Gasteiger partial charge in [-0.3, -0.25) is 14.2 Å². The van der Waals surface area contributed by atoms with Crippen LogP contribution < -0.4 is 5.32 Å². The third-order valence-corrected chi connectivity index (χ3v) is 6.60. The van der Waals surface area contributed by atoms with Crippen molar-refractivity contribution < 1.29 is 13.6 Å². The highest BCUT2D eigenvalue weighted by Gasteiger charge is 2.48. The van der Waals surface area contributed by atoms with Crippen LogP contribution >= 0.6 is 0 Å². The molecule has 0 radical (unpaired) electrons. The van der Waals surface area contributed by atoms with Gasteiger partial charge in [-0.2, -0.15) is 0 Å². The predicted octanol–water partition coefficient (Wildman–Crippen LogP) is 4.66. The average molecular weight is 455 g/mol. The van der Waals surface area contributed by atoms with E-state index in [1.807, 2.05) is 22.6 Å². The van der Waals surface area contributed by atoms with E-state index >= 15 is 0 Å². The van der Waals surface area contributed by atoms with E-state index in [4.69, 9.17) is 0 Å². The van der Waals surface area contributed by atoms with Crippen LogP contribution in [0.3, 0.4) is 0 Å². The lowest BCUT2D eigenvalue weighted by molar-refractivity contribution is 0.0958. The number of carbonyl (C=O) groups is 1. The Morgan fingerprint density at radius 2 is 1.85 bits per heavy atom. The van der Waals surface area contributed by atoms with Gasteiger partial charge in [-0.05, 0) is 48.7 Å². The number of carbonyl (C=O) groups excluding carboxylic acids is 1. The number of aromatic nitrogens is 4. The van der Waals surface area contributed by atoms with Crippen LogP contribution in [0.1, 0.15) is 34.5 Å². The normalized spacial score (nSPS) is 14.4. The summed E-state index contributed by atoms with van der Waals surface area (Å²) < 4.78 is 31.3. The van der Waals surface area contributed by atoms with Gasteiger partial charge < -0.3 is 5.32 Å². The first-order chi connectivity index (χ1) is 16.5. The zero-order chi connectivity index (χ0) is 23.4. The van der Waals surface area contributed by atoms with Crippen LogP contribution in [0.2, 0.25) is 0 Å². The van der Waals surface area contributed by atoms with Crippen molar-refractivity contribution in [3.05, 3.63) is 95.7 Å². The lowest BCUT2D eigenvalue weighted by atomic mass is 9.91. The molecule has 3 aromatic heterocycles. The minimum atomic E-state index is -0.801. The molecule has 8 heteroatoms. The maximum atomic E-state index is 14.9. The fraction of sp³-hybridized carbons (Fsp3) is 0.154. The smallest absolute Gasteiger partial charge is 0.254 e. The van der Waals surface area contributed by atoms with Gasteiger partial charge in [-0.15, -0.1) is 0 Å². The maximum absolute atomic E-state index is 14.9. The van der Waals surface area contributed by atoms with Crippen molar-refractivity contribution in [1.82, 2.24) is 24.7 Å². The Kier molecular flexibility index (Phi) is 4.45. The van der Waals surface area contributed by atoms with Gasteiger partial charge >= 0.3 is 0 Å². The van der Waals surface area contributed by atoms with E-state index in [1.165, 1.54) is 13.2 Å². The van der Waals surface area contributed by atoms with Gasteiger partial charge in [0.25, 0.3) is 5.91 Å². The van der Waals surface area contributed by atoms with Gasteiger partial charge in [-0.1, -0.05) is 12.1 Å². The lowest BCUT2D eigenvalue weighted by Crippen LogP contribution is -2.19. The number of nitrogens with one attached hydrogen (secondary N) is 1. The molecule has 0 spiro atoms. The van der Waals surface area contributed by atoms with Gasteiger partial charge in [0.15, 0.2) is 0 Å². The first kappa shape index (κ1) is 20.4. The molecule has 6 nitrogen and oxygen atoms in total. The summed E-state index contributed by atoms with van der Waals surface area (Å²) in [5, 5.41) is 3.38. The molecular formula is C26H19F2N5O. The SMILES string of the molecule is CNC(=O)c1cc(F)c(-c2cnc3ncc(C4(c5ccc6ncccc6c5)CC4)n3c2)cc1F. The van der Waals surface area contributed by atoms with Crippen LogP contribution in [0.25, 0.3) is 27.8 Å². The Balaban J connectivity index is 1.46. The molecule has 3 heterocycles. The molecule has 1 amide bonds. The molecule has 34 heavy (non-hydrogen) atoms. The summed E-state index contributed by atoms with van der Waals surface area (Å²) in [6.07, 6.45) is 8.66. The van der Waals surface area contributed by atoms with Crippen LogP contribution in [-0.2, 0) is 5.41 Å². The summed E-state index contributed by atoms with van der Waals surface area (Å²) in [5.74, 6) is -1.71. The summed E-state index contributed by atoms with van der Waals surface area (Å²) in [5.41, 5.74) is 2.89. The minimum Gasteiger partial charge on any atom is -0.355 e. The zero-order valence-corrected chi connectivity index (χ0v) is 18.2. The van der Waals surface area contributed by atoms with E-state index in [-0.39, 0.29) is 16.5 Å². The second-order valence-electron chi connectivity index (χ2n) is 8.54. The van der Waals surface area contributed by atoms with Crippen molar-refractivity contribution in [2.75, 3.05) is 7.05 Å². The number of hydrogen-bond donors (Lipinski definition) is 1. The first-order valence-electron chi connectivity index (χ1n) is 10.9. The van der Waals surface area contributed by atoms with Gasteiger partial charge in [0.2, 0.25) is 5.78 Å². The topological polar surface area (TPSA) is 72.2 Å². The molecule has 168 valence electrons. The van der Waals surface area contributed by atoms with Crippen LogP contribution in [-0.4, -0.2) is 32.3 Å². The quantitative estimate of drug-likeness (QED) is 0.428. The highest BCUT2D eigenvalue weighted by atomic mass is 19.1. The molecule has 1 fully saturated rings. The molecule has 1 saturated carbocycles. The predicted molar refractivity (Wildman–Crippen MR) is 123 cm³/mol. The molecule has 0 saturated heterocycles. The highest BCUT2D eigenvalue weighted by molar-refractivity contribution is 5.94. The molecular weight excluding hydrogens is 436 g/mol. The number of halogens is 2. The number of fused-ring (bicyclic) bond motifs is 2. The molecule has 1 aliphatic rings. The Labute approximate surface area is 193 Å². The fourth-order valence-corrected chi connectivity index (χ4v) is 4.63. The lowest BCUT2D eigenvalue weighted by Gasteiger charge is -2.17. The van der Waals surface area contributed by atoms with Gasteiger partial charge in [0, 0.05) is 47.6 Å². The number of benzene rings is 2. The largest absolute Gasteiger partial charge is 0.355 e. The highest BCUT2D eigenvalue weighted by Crippen LogP contribution is 2.53. The molecule has 0 atom stereocenters. The van der Waals surface area contributed by atoms with Gasteiger partial charge in [0.05, 0.1) is 23.0 Å². The van der Waals surface area contributed by atoms with Gasteiger partial charge in [0.1, 0.15) is 11.6 Å². The minimum absolute atomic E-state index is 0.0285. The van der Waals surface area contributed by atoms with E-state index in [2.05, 4.69) is 32.4 Å². The van der Waals surface area contributed by atoms with E-state index in [0.29, 0.717) is 11.3 Å². The summed E-state index contributed by atoms with van der Waals surface area (Å²) in [6.45, 7) is 0. The summed E-state index contributed by atoms with van der Waals surface area (Å²) >= 11 is 0. The number of amides is 1. The van der Waals surface area contributed by atoms with Crippen LogP contribution in [0, 0.1) is 11.6 Å². The monoisotopic (exact) mass is 455 g/mol. The maximum Gasteiger partial charge on any atom is 0.254 e. The van der Waals surface area contributed by atoms with Crippen molar-refractivity contribution in [2.24, 2.45) is 0 Å². The van der Waals surface area contributed by atoms with Crippen molar-refractivity contribution in [3.63, 3.8) is 0 Å². The second kappa shape index (κ2) is 7.41. The van der Waals surface area contributed by atoms with Crippen LogP contribution in [0.4, 0.5) is 8.78 Å². The van der Waals surface area contributed by atoms with Crippen molar-refractivity contribution in [2.45, 2.75) is 18.3 Å². The third-order valence-electron chi connectivity index (χ3n) is 6.60.